The Kier molecular flexibility index (Phi) is 10.3. The third-order valence-electron chi connectivity index (χ3n) is 7.46. The number of cyclic esters (lactones) is 1. The van der Waals surface area contributed by atoms with Gasteiger partial charge in [0.2, 0.25) is 5.91 Å². The molecule has 3 atom stereocenters. The van der Waals surface area contributed by atoms with Crippen LogP contribution in [0.4, 0.5) is 9.18 Å². The molecule has 4 rings (SSSR count). The molecule has 1 aliphatic rings. The van der Waals surface area contributed by atoms with Gasteiger partial charge in [-0.05, 0) is 87.4 Å². The number of benzene rings is 2. The average molecular weight is 566 g/mol. The maximum Gasteiger partial charge on any atom is 0.416 e. The van der Waals surface area contributed by atoms with Gasteiger partial charge in [-0.15, -0.1) is 0 Å². The second kappa shape index (κ2) is 13.9. The smallest absolute Gasteiger partial charge is 0.416 e. The maximum atomic E-state index is 14.3. The van der Waals surface area contributed by atoms with Crippen molar-refractivity contribution in [2.75, 3.05) is 13.2 Å². The normalized spacial score (nSPS) is 16.6. The SMILES string of the molecule is Cc1cc(CC(CCCCNC(C)c2ccc(Cl)cn2)C(=O)N2C(=O)OC[C@H]2Cc2ccccc2)cc(C)c1F. The van der Waals surface area contributed by atoms with Gasteiger partial charge in [0.25, 0.3) is 0 Å². The van der Waals surface area contributed by atoms with Crippen LogP contribution >= 0.6 is 11.6 Å². The summed E-state index contributed by atoms with van der Waals surface area (Å²) in [5, 5.41) is 4.07. The van der Waals surface area contributed by atoms with Gasteiger partial charge in [0.1, 0.15) is 12.4 Å². The minimum atomic E-state index is -0.589. The molecule has 2 heterocycles. The van der Waals surface area contributed by atoms with Crippen molar-refractivity contribution in [3.05, 3.63) is 99.6 Å². The van der Waals surface area contributed by atoms with Crippen molar-refractivity contribution in [1.82, 2.24) is 15.2 Å². The lowest BCUT2D eigenvalue weighted by atomic mass is 9.90. The Morgan fingerprint density at radius 2 is 1.85 bits per heavy atom. The zero-order valence-corrected chi connectivity index (χ0v) is 24.1. The Hall–Kier alpha value is -3.29. The van der Waals surface area contributed by atoms with Crippen LogP contribution in [0.2, 0.25) is 5.02 Å². The number of aryl methyl sites for hydroxylation is 2. The van der Waals surface area contributed by atoms with Crippen molar-refractivity contribution < 1.29 is 18.7 Å². The number of nitrogens with zero attached hydrogens (tertiary/aromatic N) is 2. The summed E-state index contributed by atoms with van der Waals surface area (Å²) in [6, 6.07) is 16.8. The Morgan fingerprint density at radius 1 is 1.12 bits per heavy atom. The number of amides is 2. The molecule has 0 spiro atoms. The Labute approximate surface area is 240 Å². The number of imide groups is 1. The van der Waals surface area contributed by atoms with E-state index in [0.29, 0.717) is 35.4 Å². The largest absolute Gasteiger partial charge is 0.447 e. The van der Waals surface area contributed by atoms with Crippen molar-refractivity contribution in [2.45, 2.75) is 65.0 Å². The molecular formula is C32H37ClFN3O3. The number of aromatic nitrogens is 1. The summed E-state index contributed by atoms with van der Waals surface area (Å²) in [5.74, 6) is -0.883. The predicted molar refractivity (Wildman–Crippen MR) is 155 cm³/mol. The first-order valence-electron chi connectivity index (χ1n) is 13.9. The van der Waals surface area contributed by atoms with Gasteiger partial charge in [-0.25, -0.2) is 14.1 Å². The van der Waals surface area contributed by atoms with Crippen LogP contribution < -0.4 is 5.32 Å². The van der Waals surface area contributed by atoms with Crippen LogP contribution in [-0.4, -0.2) is 41.1 Å². The van der Waals surface area contributed by atoms with E-state index in [0.717, 1.165) is 36.2 Å². The number of hydrogen-bond donors (Lipinski definition) is 1. The fourth-order valence-electron chi connectivity index (χ4n) is 5.30. The number of nitrogens with one attached hydrogen (secondary N) is 1. The molecule has 1 aliphatic heterocycles. The van der Waals surface area contributed by atoms with Crippen molar-refractivity contribution in [1.29, 1.82) is 0 Å². The van der Waals surface area contributed by atoms with Crippen molar-refractivity contribution in [3.8, 4) is 0 Å². The molecule has 3 aromatic rings. The molecule has 1 N–H and O–H groups in total. The van der Waals surface area contributed by atoms with Crippen LogP contribution in [0.15, 0.2) is 60.8 Å². The molecule has 1 fully saturated rings. The van der Waals surface area contributed by atoms with Gasteiger partial charge in [0.15, 0.2) is 0 Å². The number of ether oxygens (including phenoxy) is 1. The molecule has 2 amide bonds. The van der Waals surface area contributed by atoms with E-state index < -0.39 is 12.0 Å². The summed E-state index contributed by atoms with van der Waals surface area (Å²) < 4.78 is 19.6. The first kappa shape index (κ1) is 29.7. The van der Waals surface area contributed by atoms with Crippen LogP contribution in [0.3, 0.4) is 0 Å². The molecule has 0 bridgehead atoms. The maximum absolute atomic E-state index is 14.3. The van der Waals surface area contributed by atoms with Crippen LogP contribution in [0, 0.1) is 25.6 Å². The summed E-state index contributed by atoms with van der Waals surface area (Å²) in [7, 11) is 0. The van der Waals surface area contributed by atoms with E-state index in [-0.39, 0.29) is 30.4 Å². The molecule has 40 heavy (non-hydrogen) atoms. The Bertz CT molecular complexity index is 1280. The van der Waals surface area contributed by atoms with Gasteiger partial charge in [0, 0.05) is 18.2 Å². The van der Waals surface area contributed by atoms with Gasteiger partial charge in [-0.1, -0.05) is 60.5 Å². The second-order valence-electron chi connectivity index (χ2n) is 10.6. The highest BCUT2D eigenvalue weighted by atomic mass is 35.5. The fourth-order valence-corrected chi connectivity index (χ4v) is 5.41. The van der Waals surface area contributed by atoms with Gasteiger partial charge in [-0.2, -0.15) is 0 Å². The molecule has 2 unspecified atom stereocenters. The van der Waals surface area contributed by atoms with Gasteiger partial charge in [-0.3, -0.25) is 9.78 Å². The number of pyridine rings is 1. The highest BCUT2D eigenvalue weighted by Crippen LogP contribution is 2.26. The summed E-state index contributed by atoms with van der Waals surface area (Å²) >= 11 is 5.94. The fraction of sp³-hybridized carbons (Fsp3) is 0.406. The Morgan fingerprint density at radius 3 is 2.52 bits per heavy atom. The van der Waals surface area contributed by atoms with Gasteiger partial charge >= 0.3 is 6.09 Å². The van der Waals surface area contributed by atoms with Gasteiger partial charge in [0.05, 0.1) is 16.8 Å². The lowest BCUT2D eigenvalue weighted by molar-refractivity contribution is -0.133. The molecule has 212 valence electrons. The van der Waals surface area contributed by atoms with E-state index in [9.17, 15) is 14.0 Å². The second-order valence-corrected chi connectivity index (χ2v) is 11.1. The molecule has 8 heteroatoms. The first-order valence-corrected chi connectivity index (χ1v) is 14.2. The molecule has 2 aromatic carbocycles. The molecule has 0 radical (unpaired) electrons. The summed E-state index contributed by atoms with van der Waals surface area (Å²) in [6.07, 6.45) is 4.26. The van der Waals surface area contributed by atoms with Crippen LogP contribution in [0.1, 0.15) is 60.2 Å². The number of hydrogen-bond acceptors (Lipinski definition) is 5. The van der Waals surface area contributed by atoms with Gasteiger partial charge < -0.3 is 10.1 Å². The monoisotopic (exact) mass is 565 g/mol. The molecule has 0 saturated carbocycles. The van der Waals surface area contributed by atoms with Crippen LogP contribution in [0.25, 0.3) is 0 Å². The zero-order valence-electron chi connectivity index (χ0n) is 23.3. The van der Waals surface area contributed by atoms with Crippen molar-refractivity contribution >= 4 is 23.6 Å². The molecular weight excluding hydrogens is 529 g/mol. The number of halogens is 2. The van der Waals surface area contributed by atoms with Crippen molar-refractivity contribution in [2.24, 2.45) is 5.92 Å². The number of rotatable bonds is 12. The molecule has 1 saturated heterocycles. The lowest BCUT2D eigenvalue weighted by Crippen LogP contribution is -2.44. The standard InChI is InChI=1S/C32H37ClFN3O3/c1-21-15-25(16-22(2)30(21)34)17-26(11-7-8-14-35-23(3)29-13-12-27(33)19-36-29)31(38)37-28(20-40-32(37)39)18-24-9-5-4-6-10-24/h4-6,9-10,12-13,15-16,19,23,26,28,35H,7-8,11,14,17-18,20H2,1-3H3/t23?,26?,28-/m1/s1. The van der Waals surface area contributed by atoms with E-state index >= 15 is 0 Å². The molecule has 1 aromatic heterocycles. The lowest BCUT2D eigenvalue weighted by Gasteiger charge is -2.25. The molecule has 0 aliphatic carbocycles. The highest BCUT2D eigenvalue weighted by Gasteiger charge is 2.40. The average Bonchev–Trinajstić information content (AvgIpc) is 3.30. The third kappa shape index (κ3) is 7.67. The predicted octanol–water partition coefficient (Wildman–Crippen LogP) is 6.76. The van der Waals surface area contributed by atoms with Crippen LogP contribution in [0.5, 0.6) is 0 Å². The number of carbonyl (C=O) groups excluding carboxylic acids is 2. The highest BCUT2D eigenvalue weighted by molar-refractivity contribution is 6.30. The minimum absolute atomic E-state index is 0.0676. The van der Waals surface area contributed by atoms with E-state index in [1.54, 1.807) is 32.2 Å². The van der Waals surface area contributed by atoms with Crippen LogP contribution in [-0.2, 0) is 22.4 Å². The number of unbranched alkanes of at least 4 members (excludes halogenated alkanes) is 1. The summed E-state index contributed by atoms with van der Waals surface area (Å²) in [4.78, 5) is 32.3. The number of carbonyl (C=O) groups is 2. The van der Waals surface area contributed by atoms with Crippen molar-refractivity contribution in [3.63, 3.8) is 0 Å². The quantitative estimate of drug-likeness (QED) is 0.246. The summed E-state index contributed by atoms with van der Waals surface area (Å²) in [6.45, 7) is 6.45. The minimum Gasteiger partial charge on any atom is -0.447 e. The molecule has 6 nitrogen and oxygen atoms in total. The topological polar surface area (TPSA) is 71.5 Å². The van der Waals surface area contributed by atoms with E-state index in [2.05, 4.69) is 10.3 Å². The van der Waals surface area contributed by atoms with E-state index in [1.807, 2.05) is 49.4 Å². The third-order valence-corrected chi connectivity index (χ3v) is 7.69. The van der Waals surface area contributed by atoms with E-state index in [1.165, 1.54) is 4.90 Å². The summed E-state index contributed by atoms with van der Waals surface area (Å²) in [5.41, 5.74) is 3.95. The zero-order chi connectivity index (χ0) is 28.6. The van der Waals surface area contributed by atoms with E-state index in [4.69, 9.17) is 16.3 Å². The first-order chi connectivity index (χ1) is 19.2. The Balaban J connectivity index is 1.43.